The van der Waals surface area contributed by atoms with Crippen molar-refractivity contribution in [2.75, 3.05) is 33.7 Å². The third-order valence-corrected chi connectivity index (χ3v) is 3.97. The highest BCUT2D eigenvalue weighted by Gasteiger charge is 2.27. The molecule has 1 atom stereocenters. The van der Waals surface area contributed by atoms with Crippen LogP contribution >= 0.6 is 0 Å². The summed E-state index contributed by atoms with van der Waals surface area (Å²) in [4.78, 5) is 16.6. The first kappa shape index (κ1) is 15.0. The minimum Gasteiger partial charge on any atom is -0.341 e. The van der Waals surface area contributed by atoms with E-state index in [0.717, 1.165) is 38.0 Å². The smallest absolute Gasteiger partial charge is 0.244 e. The first-order valence-electron chi connectivity index (χ1n) is 7.32. The van der Waals surface area contributed by atoms with Crippen molar-refractivity contribution in [2.45, 2.75) is 18.9 Å². The maximum atomic E-state index is 12.4. The number of piperidine rings is 1. The van der Waals surface area contributed by atoms with Crippen LogP contribution in [0.4, 0.5) is 0 Å². The van der Waals surface area contributed by atoms with Gasteiger partial charge < -0.3 is 15.5 Å². The van der Waals surface area contributed by atoms with Crippen molar-refractivity contribution in [3.05, 3.63) is 35.9 Å². The second kappa shape index (κ2) is 6.86. The number of hydrogen-bond donors (Lipinski definition) is 1. The summed E-state index contributed by atoms with van der Waals surface area (Å²) >= 11 is 0. The second-order valence-corrected chi connectivity index (χ2v) is 5.92. The molecule has 1 aliphatic rings. The molecule has 1 saturated heterocycles. The van der Waals surface area contributed by atoms with Crippen LogP contribution in [0.2, 0.25) is 0 Å². The maximum absolute atomic E-state index is 12.4. The molecule has 1 fully saturated rings. The molecule has 0 spiro atoms. The Labute approximate surface area is 121 Å². The molecule has 1 amide bonds. The van der Waals surface area contributed by atoms with E-state index in [1.807, 2.05) is 35.2 Å². The highest BCUT2D eigenvalue weighted by molar-refractivity contribution is 5.83. The maximum Gasteiger partial charge on any atom is 0.244 e. The van der Waals surface area contributed by atoms with Crippen molar-refractivity contribution in [1.29, 1.82) is 0 Å². The zero-order valence-corrected chi connectivity index (χ0v) is 12.5. The van der Waals surface area contributed by atoms with Gasteiger partial charge in [-0.25, -0.2) is 0 Å². The van der Waals surface area contributed by atoms with Crippen LogP contribution in [-0.2, 0) is 4.79 Å². The van der Waals surface area contributed by atoms with Gasteiger partial charge in [0.1, 0.15) is 6.04 Å². The molecule has 4 heteroatoms. The minimum atomic E-state index is -0.526. The van der Waals surface area contributed by atoms with Gasteiger partial charge in [0.25, 0.3) is 0 Å². The zero-order valence-electron chi connectivity index (χ0n) is 12.5. The molecule has 1 aromatic rings. The Hall–Kier alpha value is -1.39. The fourth-order valence-corrected chi connectivity index (χ4v) is 2.85. The van der Waals surface area contributed by atoms with Crippen molar-refractivity contribution in [1.82, 2.24) is 9.80 Å². The predicted molar refractivity (Wildman–Crippen MR) is 81.2 cm³/mol. The third-order valence-electron chi connectivity index (χ3n) is 3.97. The first-order valence-corrected chi connectivity index (χ1v) is 7.32. The summed E-state index contributed by atoms with van der Waals surface area (Å²) in [5.74, 6) is 0.751. The molecule has 2 N–H and O–H groups in total. The van der Waals surface area contributed by atoms with E-state index in [2.05, 4.69) is 19.0 Å². The molecule has 0 radical (unpaired) electrons. The van der Waals surface area contributed by atoms with E-state index in [4.69, 9.17) is 5.73 Å². The third kappa shape index (κ3) is 3.81. The lowest BCUT2D eigenvalue weighted by Crippen LogP contribution is -2.44. The summed E-state index contributed by atoms with van der Waals surface area (Å²) in [6.07, 6.45) is 2.15. The molecular formula is C16H25N3O. The Morgan fingerprint density at radius 1 is 1.30 bits per heavy atom. The number of hydrogen-bond acceptors (Lipinski definition) is 3. The monoisotopic (exact) mass is 275 g/mol. The van der Waals surface area contributed by atoms with Gasteiger partial charge in [0.05, 0.1) is 0 Å². The van der Waals surface area contributed by atoms with E-state index in [9.17, 15) is 4.79 Å². The largest absolute Gasteiger partial charge is 0.341 e. The summed E-state index contributed by atoms with van der Waals surface area (Å²) in [5.41, 5.74) is 6.98. The molecule has 1 aliphatic heterocycles. The fourth-order valence-electron chi connectivity index (χ4n) is 2.85. The molecular weight excluding hydrogens is 250 g/mol. The van der Waals surface area contributed by atoms with E-state index in [1.165, 1.54) is 0 Å². The molecule has 0 saturated carbocycles. The number of carbonyl (C=O) groups is 1. The Bertz CT molecular complexity index is 425. The lowest BCUT2D eigenvalue weighted by atomic mass is 9.95. The SMILES string of the molecule is CN(C)CC1CCN(C(=O)[C@@H](N)c2ccccc2)CC1. The highest BCUT2D eigenvalue weighted by atomic mass is 16.2. The Morgan fingerprint density at radius 2 is 1.90 bits per heavy atom. The van der Waals surface area contributed by atoms with Crippen molar-refractivity contribution in [3.63, 3.8) is 0 Å². The van der Waals surface area contributed by atoms with Crippen LogP contribution < -0.4 is 5.73 Å². The van der Waals surface area contributed by atoms with Gasteiger partial charge in [0.2, 0.25) is 5.91 Å². The van der Waals surface area contributed by atoms with Crippen LogP contribution in [0.1, 0.15) is 24.4 Å². The van der Waals surface area contributed by atoms with Crippen molar-refractivity contribution in [3.8, 4) is 0 Å². The van der Waals surface area contributed by atoms with Gasteiger partial charge in [-0.15, -0.1) is 0 Å². The molecule has 20 heavy (non-hydrogen) atoms. The van der Waals surface area contributed by atoms with Gasteiger partial charge >= 0.3 is 0 Å². The normalized spacial score (nSPS) is 18.3. The van der Waals surface area contributed by atoms with Gasteiger partial charge in [0, 0.05) is 19.6 Å². The number of carbonyl (C=O) groups excluding carboxylic acids is 1. The van der Waals surface area contributed by atoms with Crippen LogP contribution in [0.15, 0.2) is 30.3 Å². The van der Waals surface area contributed by atoms with E-state index < -0.39 is 6.04 Å². The average Bonchev–Trinajstić information content (AvgIpc) is 2.47. The fraction of sp³-hybridized carbons (Fsp3) is 0.562. The van der Waals surface area contributed by atoms with Crippen LogP contribution in [0.3, 0.4) is 0 Å². The number of amides is 1. The molecule has 4 nitrogen and oxygen atoms in total. The summed E-state index contributed by atoms with van der Waals surface area (Å²) in [6.45, 7) is 2.77. The first-order chi connectivity index (χ1) is 9.58. The number of nitrogens with zero attached hydrogens (tertiary/aromatic N) is 2. The molecule has 0 aromatic heterocycles. The van der Waals surface area contributed by atoms with Gasteiger partial charge in [-0.1, -0.05) is 30.3 Å². The molecule has 1 heterocycles. The highest BCUT2D eigenvalue weighted by Crippen LogP contribution is 2.21. The van der Waals surface area contributed by atoms with Crippen LogP contribution in [0, 0.1) is 5.92 Å². The van der Waals surface area contributed by atoms with Gasteiger partial charge in [-0.3, -0.25) is 4.79 Å². The topological polar surface area (TPSA) is 49.6 Å². The minimum absolute atomic E-state index is 0.0551. The number of rotatable bonds is 4. The standard InChI is InChI=1S/C16H25N3O/c1-18(2)12-13-8-10-19(11-9-13)16(20)15(17)14-6-4-3-5-7-14/h3-7,13,15H,8-12,17H2,1-2H3/t15-/m0/s1. The summed E-state index contributed by atoms with van der Waals surface area (Å²) in [6, 6.07) is 9.09. The molecule has 0 aliphatic carbocycles. The number of nitrogens with two attached hydrogens (primary N) is 1. The zero-order chi connectivity index (χ0) is 14.5. The Morgan fingerprint density at radius 3 is 2.45 bits per heavy atom. The molecule has 0 unspecified atom stereocenters. The van der Waals surface area contributed by atoms with E-state index in [0.29, 0.717) is 5.92 Å². The van der Waals surface area contributed by atoms with Crippen LogP contribution in [0.5, 0.6) is 0 Å². The summed E-state index contributed by atoms with van der Waals surface area (Å²) in [7, 11) is 4.20. The lowest BCUT2D eigenvalue weighted by molar-refractivity contribution is -0.134. The van der Waals surface area contributed by atoms with Crippen molar-refractivity contribution >= 4 is 5.91 Å². The number of likely N-dealkylation sites (tertiary alicyclic amines) is 1. The van der Waals surface area contributed by atoms with Gasteiger partial charge in [0.15, 0.2) is 0 Å². The molecule has 2 rings (SSSR count). The van der Waals surface area contributed by atoms with Gasteiger partial charge in [-0.05, 0) is 38.4 Å². The molecule has 0 bridgehead atoms. The predicted octanol–water partition coefficient (Wildman–Crippen LogP) is 1.49. The molecule has 110 valence electrons. The average molecular weight is 275 g/mol. The second-order valence-electron chi connectivity index (χ2n) is 5.92. The molecule has 1 aromatic carbocycles. The lowest BCUT2D eigenvalue weighted by Gasteiger charge is -2.34. The summed E-state index contributed by atoms with van der Waals surface area (Å²) in [5, 5.41) is 0. The van der Waals surface area contributed by atoms with E-state index in [-0.39, 0.29) is 5.91 Å². The van der Waals surface area contributed by atoms with Crippen LogP contribution in [-0.4, -0.2) is 49.4 Å². The summed E-state index contributed by atoms with van der Waals surface area (Å²) < 4.78 is 0. The van der Waals surface area contributed by atoms with E-state index >= 15 is 0 Å². The number of benzene rings is 1. The van der Waals surface area contributed by atoms with Gasteiger partial charge in [-0.2, -0.15) is 0 Å². The van der Waals surface area contributed by atoms with Crippen molar-refractivity contribution in [2.24, 2.45) is 11.7 Å². The quantitative estimate of drug-likeness (QED) is 0.905. The van der Waals surface area contributed by atoms with E-state index in [1.54, 1.807) is 0 Å². The van der Waals surface area contributed by atoms with Crippen molar-refractivity contribution < 1.29 is 4.79 Å². The Balaban J connectivity index is 1.89. The van der Waals surface area contributed by atoms with Crippen LogP contribution in [0.25, 0.3) is 0 Å². The Kier molecular flexibility index (Phi) is 5.15.